The van der Waals surface area contributed by atoms with Gasteiger partial charge in [-0.15, -0.1) is 0 Å². The van der Waals surface area contributed by atoms with Crippen LogP contribution in [0, 0.1) is 0 Å². The molecular formula is C10H11N3O4. The molecule has 3 N–H and O–H groups in total. The van der Waals surface area contributed by atoms with Crippen molar-refractivity contribution in [2.24, 2.45) is 0 Å². The van der Waals surface area contributed by atoms with E-state index in [1.165, 1.54) is 6.92 Å². The van der Waals surface area contributed by atoms with E-state index in [9.17, 15) is 14.4 Å². The number of hydrogen-bond donors (Lipinski definition) is 3. The van der Waals surface area contributed by atoms with Gasteiger partial charge in [0.25, 0.3) is 5.56 Å². The molecule has 0 bridgehead atoms. The zero-order chi connectivity index (χ0) is 12.4. The summed E-state index contributed by atoms with van der Waals surface area (Å²) in [6.45, 7) is 1.55. The predicted molar refractivity (Wildman–Crippen MR) is 59.9 cm³/mol. The Balaban J connectivity index is 2.26. The third kappa shape index (κ3) is 2.44. The van der Waals surface area contributed by atoms with Gasteiger partial charge in [0.1, 0.15) is 5.65 Å². The SMILES string of the molecule is CC(=O)OCCc1cc2c(=O)[nH]c(=O)[nH]c2[nH]1. The third-order valence-electron chi connectivity index (χ3n) is 2.26. The molecule has 0 amide bonds. The highest BCUT2D eigenvalue weighted by atomic mass is 16.5. The number of esters is 1. The first kappa shape index (κ1) is 11.2. The topological polar surface area (TPSA) is 108 Å². The average Bonchev–Trinajstić information content (AvgIpc) is 2.60. The number of fused-ring (bicyclic) bond motifs is 1. The summed E-state index contributed by atoms with van der Waals surface area (Å²) < 4.78 is 4.78. The van der Waals surface area contributed by atoms with Gasteiger partial charge in [-0.3, -0.25) is 19.6 Å². The van der Waals surface area contributed by atoms with E-state index in [1.807, 2.05) is 0 Å². The number of nitrogens with one attached hydrogen (secondary N) is 3. The van der Waals surface area contributed by atoms with Crippen molar-refractivity contribution < 1.29 is 9.53 Å². The van der Waals surface area contributed by atoms with Crippen molar-refractivity contribution in [2.45, 2.75) is 13.3 Å². The lowest BCUT2D eigenvalue weighted by molar-refractivity contribution is -0.140. The lowest BCUT2D eigenvalue weighted by Gasteiger charge is -1.98. The molecule has 0 unspecified atom stereocenters. The Morgan fingerprint density at radius 2 is 2.06 bits per heavy atom. The van der Waals surface area contributed by atoms with Gasteiger partial charge in [0.2, 0.25) is 0 Å². The van der Waals surface area contributed by atoms with Gasteiger partial charge < -0.3 is 9.72 Å². The van der Waals surface area contributed by atoms with Crippen molar-refractivity contribution >= 4 is 17.0 Å². The van der Waals surface area contributed by atoms with Crippen molar-refractivity contribution in [3.05, 3.63) is 32.6 Å². The number of carbonyl (C=O) groups is 1. The van der Waals surface area contributed by atoms with Crippen LogP contribution in [-0.2, 0) is 16.0 Å². The second-order valence-corrected chi connectivity index (χ2v) is 3.58. The van der Waals surface area contributed by atoms with Crippen molar-refractivity contribution in [1.82, 2.24) is 15.0 Å². The Morgan fingerprint density at radius 1 is 1.29 bits per heavy atom. The maximum absolute atomic E-state index is 11.4. The molecule has 0 aromatic carbocycles. The van der Waals surface area contributed by atoms with Crippen LogP contribution in [0.4, 0.5) is 0 Å². The van der Waals surface area contributed by atoms with Crippen LogP contribution in [0.15, 0.2) is 15.7 Å². The van der Waals surface area contributed by atoms with Gasteiger partial charge in [-0.05, 0) is 6.07 Å². The van der Waals surface area contributed by atoms with Gasteiger partial charge in [-0.2, -0.15) is 0 Å². The van der Waals surface area contributed by atoms with Crippen LogP contribution in [0.5, 0.6) is 0 Å². The molecule has 2 aromatic heterocycles. The number of carbonyl (C=O) groups excluding carboxylic acids is 1. The molecule has 0 aliphatic rings. The molecule has 0 aliphatic carbocycles. The van der Waals surface area contributed by atoms with Crippen LogP contribution in [0.3, 0.4) is 0 Å². The number of ether oxygens (including phenoxy) is 1. The van der Waals surface area contributed by atoms with Gasteiger partial charge in [0.15, 0.2) is 0 Å². The highest BCUT2D eigenvalue weighted by Crippen LogP contribution is 2.07. The molecule has 0 radical (unpaired) electrons. The molecule has 0 aliphatic heterocycles. The van der Waals surface area contributed by atoms with Crippen LogP contribution >= 0.6 is 0 Å². The summed E-state index contributed by atoms with van der Waals surface area (Å²) >= 11 is 0. The fourth-order valence-corrected chi connectivity index (χ4v) is 1.54. The van der Waals surface area contributed by atoms with E-state index in [-0.39, 0.29) is 12.6 Å². The Morgan fingerprint density at radius 3 is 2.76 bits per heavy atom. The second-order valence-electron chi connectivity index (χ2n) is 3.58. The Kier molecular flexibility index (Phi) is 2.82. The molecule has 0 saturated heterocycles. The van der Waals surface area contributed by atoms with Crippen LogP contribution < -0.4 is 11.2 Å². The molecule has 2 aromatic rings. The molecule has 0 fully saturated rings. The zero-order valence-electron chi connectivity index (χ0n) is 9.12. The fourth-order valence-electron chi connectivity index (χ4n) is 1.54. The molecule has 0 atom stereocenters. The van der Waals surface area contributed by atoms with E-state index in [0.717, 1.165) is 0 Å². The monoisotopic (exact) mass is 237 g/mol. The second kappa shape index (κ2) is 4.28. The van der Waals surface area contributed by atoms with Gasteiger partial charge >= 0.3 is 11.7 Å². The molecule has 2 rings (SSSR count). The van der Waals surface area contributed by atoms with E-state index >= 15 is 0 Å². The van der Waals surface area contributed by atoms with Gasteiger partial charge in [-0.1, -0.05) is 0 Å². The molecule has 7 nitrogen and oxygen atoms in total. The third-order valence-corrected chi connectivity index (χ3v) is 2.26. The number of aromatic nitrogens is 3. The molecule has 90 valence electrons. The van der Waals surface area contributed by atoms with Crippen LogP contribution in [-0.4, -0.2) is 27.5 Å². The fraction of sp³-hybridized carbons (Fsp3) is 0.300. The normalized spacial score (nSPS) is 10.6. The molecule has 17 heavy (non-hydrogen) atoms. The van der Waals surface area contributed by atoms with Gasteiger partial charge in [0.05, 0.1) is 12.0 Å². The molecule has 7 heteroatoms. The molecule has 0 saturated carbocycles. The maximum Gasteiger partial charge on any atom is 0.327 e. The van der Waals surface area contributed by atoms with Gasteiger partial charge in [0, 0.05) is 19.0 Å². The lowest BCUT2D eigenvalue weighted by Crippen LogP contribution is -2.21. The van der Waals surface area contributed by atoms with E-state index in [0.29, 0.717) is 23.1 Å². The van der Waals surface area contributed by atoms with Crippen LogP contribution in [0.25, 0.3) is 11.0 Å². The summed E-state index contributed by atoms with van der Waals surface area (Å²) in [4.78, 5) is 40.5. The van der Waals surface area contributed by atoms with Crippen LogP contribution in [0.1, 0.15) is 12.6 Å². The Bertz CT molecular complexity index is 664. The summed E-state index contributed by atoms with van der Waals surface area (Å²) in [5.74, 6) is -0.354. The minimum atomic E-state index is -0.559. The van der Waals surface area contributed by atoms with E-state index in [4.69, 9.17) is 4.74 Å². The summed E-state index contributed by atoms with van der Waals surface area (Å²) in [5, 5.41) is 0.377. The average molecular weight is 237 g/mol. The highest BCUT2D eigenvalue weighted by Gasteiger charge is 2.06. The summed E-state index contributed by atoms with van der Waals surface area (Å²) in [6.07, 6.45) is 0.454. The zero-order valence-corrected chi connectivity index (χ0v) is 9.12. The Labute approximate surface area is 94.8 Å². The lowest BCUT2D eigenvalue weighted by atomic mass is 10.3. The number of H-pyrrole nitrogens is 3. The van der Waals surface area contributed by atoms with E-state index < -0.39 is 11.2 Å². The smallest absolute Gasteiger partial charge is 0.327 e. The first-order chi connectivity index (χ1) is 8.06. The summed E-state index contributed by atoms with van der Waals surface area (Å²) in [7, 11) is 0. The van der Waals surface area contributed by atoms with Crippen molar-refractivity contribution in [3.8, 4) is 0 Å². The minimum Gasteiger partial charge on any atom is -0.465 e. The predicted octanol–water partition coefficient (Wildman–Crippen LogP) is -0.350. The first-order valence-electron chi connectivity index (χ1n) is 5.04. The van der Waals surface area contributed by atoms with E-state index in [2.05, 4.69) is 15.0 Å². The minimum absolute atomic E-state index is 0.226. The largest absolute Gasteiger partial charge is 0.465 e. The summed E-state index contributed by atoms with van der Waals surface area (Å²) in [6, 6.07) is 1.62. The quantitative estimate of drug-likeness (QED) is 0.634. The van der Waals surface area contributed by atoms with E-state index in [1.54, 1.807) is 6.07 Å². The molecule has 2 heterocycles. The number of aromatic amines is 3. The Hall–Kier alpha value is -2.31. The van der Waals surface area contributed by atoms with Crippen molar-refractivity contribution in [3.63, 3.8) is 0 Å². The number of hydrogen-bond acceptors (Lipinski definition) is 4. The molecular weight excluding hydrogens is 226 g/mol. The molecule has 0 spiro atoms. The van der Waals surface area contributed by atoms with Crippen molar-refractivity contribution in [2.75, 3.05) is 6.61 Å². The number of rotatable bonds is 3. The standard InChI is InChI=1S/C10H11N3O4/c1-5(14)17-3-2-6-4-7-8(11-6)12-10(16)13-9(7)15/h4H,2-3H2,1H3,(H3,11,12,13,15,16). The summed E-state index contributed by atoms with van der Waals surface area (Å²) in [5.41, 5.74) is 0.0831. The van der Waals surface area contributed by atoms with Crippen molar-refractivity contribution in [1.29, 1.82) is 0 Å². The first-order valence-corrected chi connectivity index (χ1v) is 5.04. The van der Waals surface area contributed by atoms with Gasteiger partial charge in [-0.25, -0.2) is 4.79 Å². The highest BCUT2D eigenvalue weighted by molar-refractivity contribution is 5.75. The maximum atomic E-state index is 11.4. The van der Waals surface area contributed by atoms with Crippen LogP contribution in [0.2, 0.25) is 0 Å².